The zero-order valence-electron chi connectivity index (χ0n) is 33.1. The topological polar surface area (TPSA) is 342 Å². The van der Waals surface area contributed by atoms with Crippen LogP contribution in [0.2, 0.25) is 0 Å². The Morgan fingerprint density at radius 2 is 1.14 bits per heavy atom. The molecule has 2 rings (SSSR count). The molecule has 0 aliphatic heterocycles. The van der Waals surface area contributed by atoms with E-state index >= 15 is 0 Å². The van der Waals surface area contributed by atoms with Gasteiger partial charge in [-0.05, 0) is 24.3 Å². The maximum Gasteiger partial charge on any atom is 0.305 e. The third-order valence-corrected chi connectivity index (χ3v) is 9.03. The number of phenols is 3. The molecule has 0 saturated carbocycles. The van der Waals surface area contributed by atoms with Crippen molar-refractivity contribution in [2.75, 3.05) is 6.54 Å². The van der Waals surface area contributed by atoms with E-state index in [9.17, 15) is 58.8 Å². The molecule has 7 atom stereocenters. The van der Waals surface area contributed by atoms with E-state index in [0.29, 0.717) is 5.56 Å². The molecule has 20 nitrogen and oxygen atoms in total. The fourth-order valence-electron chi connectivity index (χ4n) is 5.72. The van der Waals surface area contributed by atoms with Crippen LogP contribution < -0.4 is 43.4 Å². The minimum atomic E-state index is -1.77. The Kier molecular flexibility index (Phi) is 17.9. The molecule has 58 heavy (non-hydrogen) atoms. The Balaban J connectivity index is 2.28. The highest BCUT2D eigenvalue weighted by molar-refractivity contribution is 5.98. The average molecular weight is 815 g/mol. The minimum Gasteiger partial charge on any atom is -0.508 e. The summed E-state index contributed by atoms with van der Waals surface area (Å²) in [6.07, 6.45) is -1.09. The second-order valence-corrected chi connectivity index (χ2v) is 14.5. The van der Waals surface area contributed by atoms with E-state index in [4.69, 9.17) is 11.5 Å². The van der Waals surface area contributed by atoms with Gasteiger partial charge in [-0.1, -0.05) is 65.0 Å². The Morgan fingerprint density at radius 1 is 0.638 bits per heavy atom. The fraction of sp³-hybridized carbons (Fsp3) is 0.474. The number of hydrogen-bond donors (Lipinski definition) is 12. The average Bonchev–Trinajstić information content (AvgIpc) is 3.13. The van der Waals surface area contributed by atoms with Crippen molar-refractivity contribution < 1.29 is 58.8 Å². The number of nitrogens with two attached hydrogens (primary N) is 2. The largest absolute Gasteiger partial charge is 0.508 e. The zero-order valence-corrected chi connectivity index (χ0v) is 33.1. The Morgan fingerprint density at radius 3 is 1.66 bits per heavy atom. The summed E-state index contributed by atoms with van der Waals surface area (Å²) in [7, 11) is 0. The Hall–Kier alpha value is -6.44. The number of nitrogens with one attached hydrogen (secondary N) is 6. The molecule has 14 N–H and O–H groups in total. The molecule has 0 aliphatic rings. The van der Waals surface area contributed by atoms with Gasteiger partial charge in [-0.25, -0.2) is 0 Å². The van der Waals surface area contributed by atoms with Crippen LogP contribution in [-0.4, -0.2) is 111 Å². The molecule has 20 heteroatoms. The van der Waals surface area contributed by atoms with Crippen molar-refractivity contribution in [1.29, 1.82) is 0 Å². The van der Waals surface area contributed by atoms with E-state index in [1.807, 2.05) is 0 Å². The van der Waals surface area contributed by atoms with Crippen molar-refractivity contribution in [3.63, 3.8) is 0 Å². The van der Waals surface area contributed by atoms with Crippen LogP contribution in [0.15, 0.2) is 42.5 Å². The molecule has 2 aromatic carbocycles. The van der Waals surface area contributed by atoms with Crippen molar-refractivity contribution in [2.45, 2.75) is 96.6 Å². The van der Waals surface area contributed by atoms with Crippen LogP contribution in [0.1, 0.15) is 65.0 Å². The lowest BCUT2D eigenvalue weighted by Gasteiger charge is -2.29. The number of aromatic hydroxyl groups is 3. The molecule has 0 spiro atoms. The minimum absolute atomic E-state index is 0.123. The van der Waals surface area contributed by atoms with Crippen molar-refractivity contribution >= 4 is 47.3 Å². The molecule has 7 amide bonds. The number of rotatable bonds is 21. The van der Waals surface area contributed by atoms with E-state index in [1.54, 1.807) is 58.0 Å². The first kappa shape index (κ1) is 47.7. The number of carboxylic acid groups (broad SMARTS) is 1. The van der Waals surface area contributed by atoms with Crippen LogP contribution in [-0.2, 0) is 44.8 Å². The summed E-state index contributed by atoms with van der Waals surface area (Å²) >= 11 is 0. The number of carbonyl (C=O) groups excluding carboxylic acids is 7. The molecule has 0 aromatic heterocycles. The fourth-order valence-corrected chi connectivity index (χ4v) is 5.72. The number of carboxylic acids is 1. The van der Waals surface area contributed by atoms with E-state index in [1.165, 1.54) is 13.8 Å². The van der Waals surface area contributed by atoms with Crippen LogP contribution in [0, 0.1) is 11.8 Å². The van der Waals surface area contributed by atoms with Gasteiger partial charge in [0.05, 0.1) is 19.0 Å². The van der Waals surface area contributed by atoms with Gasteiger partial charge in [0.25, 0.3) is 0 Å². The number of benzene rings is 2. The van der Waals surface area contributed by atoms with Gasteiger partial charge < -0.3 is 63.8 Å². The molecule has 0 unspecified atom stereocenters. The van der Waals surface area contributed by atoms with Gasteiger partial charge in [0.2, 0.25) is 41.4 Å². The Bertz CT molecular complexity index is 1800. The number of amides is 7. The Labute approximate surface area is 334 Å². The molecule has 2 aromatic rings. The number of hydrogen-bond acceptors (Lipinski definition) is 12. The van der Waals surface area contributed by atoms with Crippen molar-refractivity contribution in [1.82, 2.24) is 31.9 Å². The predicted octanol–water partition coefficient (Wildman–Crippen LogP) is -1.69. The van der Waals surface area contributed by atoms with E-state index in [0.717, 1.165) is 12.1 Å². The van der Waals surface area contributed by atoms with Crippen molar-refractivity contribution in [2.24, 2.45) is 23.3 Å². The molecular weight excluding hydrogens is 760 g/mol. The maximum absolute atomic E-state index is 13.8. The van der Waals surface area contributed by atoms with Crippen LogP contribution in [0.25, 0.3) is 0 Å². The molecule has 0 heterocycles. The lowest BCUT2D eigenvalue weighted by molar-refractivity contribution is -0.141. The maximum atomic E-state index is 13.8. The monoisotopic (exact) mass is 814 g/mol. The number of carbonyl (C=O) groups is 8. The first-order chi connectivity index (χ1) is 27.0. The van der Waals surface area contributed by atoms with Crippen LogP contribution in [0.3, 0.4) is 0 Å². The van der Waals surface area contributed by atoms with Crippen LogP contribution >= 0.6 is 0 Å². The molecule has 0 radical (unpaired) electrons. The summed E-state index contributed by atoms with van der Waals surface area (Å²) in [4.78, 5) is 103. The van der Waals surface area contributed by atoms with Crippen LogP contribution in [0.5, 0.6) is 17.2 Å². The summed E-state index contributed by atoms with van der Waals surface area (Å²) < 4.78 is 0. The van der Waals surface area contributed by atoms with Gasteiger partial charge in [-0.15, -0.1) is 0 Å². The third-order valence-electron chi connectivity index (χ3n) is 9.03. The smallest absolute Gasteiger partial charge is 0.305 e. The van der Waals surface area contributed by atoms with E-state index in [2.05, 4.69) is 31.9 Å². The second-order valence-electron chi connectivity index (χ2n) is 14.5. The third kappa shape index (κ3) is 14.3. The number of aliphatic carboxylic acids is 1. The summed E-state index contributed by atoms with van der Waals surface area (Å²) in [5.74, 6) is -11.2. The summed E-state index contributed by atoms with van der Waals surface area (Å²) in [5.41, 5.74) is 11.6. The van der Waals surface area contributed by atoms with Gasteiger partial charge in [0.1, 0.15) is 47.5 Å². The van der Waals surface area contributed by atoms with E-state index in [-0.39, 0.29) is 12.0 Å². The highest BCUT2D eigenvalue weighted by atomic mass is 16.4. The normalized spacial score (nSPS) is 14.7. The molecular formula is C38H54N8O12. The second kappa shape index (κ2) is 21.8. The molecule has 0 aliphatic carbocycles. The highest BCUT2D eigenvalue weighted by Gasteiger charge is 2.35. The van der Waals surface area contributed by atoms with Gasteiger partial charge in [-0.3, -0.25) is 38.4 Å². The standard InChI is InChI=1S/C38H54N8O12/c1-17(2)31(37(57)41-16-27(39)50)46-38(58)32(18(3)4)45-35(55)24(15-28(51)52)44-34(54)23(12-21-10-8-7-9-11-21)43-33(53)20(6)42-36(56)30(40)19(5)29-25(48)13-22(47)14-26(29)49/h7-11,13-14,17-20,23-24,30-32,47-49H,12,15-16,40H2,1-6H3,(H2,39,50)(H,41,57)(H,42,56)(H,43,53)(H,44,54)(H,45,55)(H,46,58)(H,51,52)/t19-,20+,23-,24-,30-,31-,32-/m0/s1. The van der Waals surface area contributed by atoms with Crippen molar-refractivity contribution in [3.8, 4) is 17.2 Å². The van der Waals surface area contributed by atoms with Gasteiger partial charge >= 0.3 is 5.97 Å². The summed E-state index contributed by atoms with van der Waals surface area (Å²) in [5, 5.41) is 54.3. The van der Waals surface area contributed by atoms with Gasteiger partial charge in [0.15, 0.2) is 0 Å². The highest BCUT2D eigenvalue weighted by Crippen LogP contribution is 2.38. The van der Waals surface area contributed by atoms with E-state index < -0.39 is 132 Å². The predicted molar refractivity (Wildman–Crippen MR) is 207 cm³/mol. The lowest BCUT2D eigenvalue weighted by atomic mass is 9.91. The van der Waals surface area contributed by atoms with Crippen molar-refractivity contribution in [3.05, 3.63) is 53.6 Å². The lowest BCUT2D eigenvalue weighted by Crippen LogP contribution is -2.61. The zero-order chi connectivity index (χ0) is 44.0. The van der Waals surface area contributed by atoms with Gasteiger partial charge in [-0.2, -0.15) is 0 Å². The SMILES string of the molecule is CC(C)[C@H](NC(=O)[C@H](CC(=O)O)NC(=O)[C@H](Cc1ccccc1)NC(=O)[C@@H](C)NC(=O)[C@@H](N)[C@@H](C)c1c(O)cc(O)cc1O)C(=O)N[C@H](C(=O)NCC(N)=O)C(C)C. The number of primary amides is 1. The summed E-state index contributed by atoms with van der Waals surface area (Å²) in [6.45, 7) is 8.65. The number of phenolic OH excluding ortho intramolecular Hbond substituents is 3. The first-order valence-electron chi connectivity index (χ1n) is 18.4. The summed E-state index contributed by atoms with van der Waals surface area (Å²) in [6, 6.07) is 1.85. The molecule has 318 valence electrons. The molecule has 0 bridgehead atoms. The molecule has 0 saturated heterocycles. The first-order valence-corrected chi connectivity index (χ1v) is 18.4. The molecule has 0 fully saturated rings. The van der Waals surface area contributed by atoms with Crippen LogP contribution in [0.4, 0.5) is 0 Å². The van der Waals surface area contributed by atoms with Gasteiger partial charge in [0, 0.05) is 30.0 Å². The quantitative estimate of drug-likeness (QED) is 0.0670.